The molecule has 0 spiro atoms. The largest absolute Gasteiger partial charge is 0.408 e. The van der Waals surface area contributed by atoms with Crippen LogP contribution in [0.1, 0.15) is 5.69 Å². The third-order valence-electron chi connectivity index (χ3n) is 2.50. The van der Waals surface area contributed by atoms with Crippen molar-refractivity contribution in [3.63, 3.8) is 0 Å². The molecule has 0 radical (unpaired) electrons. The molecule has 0 fully saturated rings. The van der Waals surface area contributed by atoms with Crippen LogP contribution in [-0.2, 0) is 13.1 Å². The SMILES string of the molecule is O=c1c(Cl)c(NCc2ccccn2)cnn1CC(F)(F)F. The summed E-state index contributed by atoms with van der Waals surface area (Å²) in [5, 5.41) is 5.92. The number of anilines is 1. The van der Waals surface area contributed by atoms with E-state index in [0.29, 0.717) is 5.69 Å². The van der Waals surface area contributed by atoms with Gasteiger partial charge in [0.2, 0.25) is 0 Å². The monoisotopic (exact) mass is 318 g/mol. The Labute approximate surface area is 122 Å². The lowest BCUT2D eigenvalue weighted by atomic mass is 10.3. The molecule has 0 unspecified atom stereocenters. The Morgan fingerprint density at radius 1 is 1.33 bits per heavy atom. The van der Waals surface area contributed by atoms with E-state index in [1.165, 1.54) is 0 Å². The van der Waals surface area contributed by atoms with Crippen LogP contribution in [0.2, 0.25) is 5.02 Å². The van der Waals surface area contributed by atoms with E-state index in [9.17, 15) is 18.0 Å². The van der Waals surface area contributed by atoms with Crippen molar-refractivity contribution >= 4 is 17.3 Å². The van der Waals surface area contributed by atoms with Gasteiger partial charge in [0.1, 0.15) is 11.6 Å². The lowest BCUT2D eigenvalue weighted by Crippen LogP contribution is -2.30. The van der Waals surface area contributed by atoms with Crippen LogP contribution in [-0.4, -0.2) is 20.9 Å². The van der Waals surface area contributed by atoms with Crippen molar-refractivity contribution in [2.75, 3.05) is 5.32 Å². The average molecular weight is 319 g/mol. The van der Waals surface area contributed by atoms with Crippen LogP contribution in [0.25, 0.3) is 0 Å². The molecule has 0 bridgehead atoms. The van der Waals surface area contributed by atoms with Gasteiger partial charge >= 0.3 is 6.18 Å². The molecule has 0 aromatic carbocycles. The number of rotatable bonds is 4. The maximum Gasteiger partial charge on any atom is 0.408 e. The van der Waals surface area contributed by atoms with Crippen LogP contribution in [0.4, 0.5) is 18.9 Å². The van der Waals surface area contributed by atoms with Gasteiger partial charge in [-0.2, -0.15) is 18.3 Å². The molecule has 0 amide bonds. The van der Waals surface area contributed by atoms with E-state index < -0.39 is 18.3 Å². The van der Waals surface area contributed by atoms with Crippen molar-refractivity contribution in [3.8, 4) is 0 Å². The highest BCUT2D eigenvalue weighted by Crippen LogP contribution is 2.19. The predicted octanol–water partition coefficient (Wildman–Crippen LogP) is 2.47. The highest BCUT2D eigenvalue weighted by molar-refractivity contribution is 6.32. The zero-order valence-electron chi connectivity index (χ0n) is 10.6. The second-order valence-corrected chi connectivity index (χ2v) is 4.50. The molecule has 9 heteroatoms. The van der Waals surface area contributed by atoms with Crippen molar-refractivity contribution in [2.24, 2.45) is 0 Å². The number of halogens is 4. The quantitative estimate of drug-likeness (QED) is 0.941. The van der Waals surface area contributed by atoms with Gasteiger partial charge < -0.3 is 5.32 Å². The molecule has 5 nitrogen and oxygen atoms in total. The first-order valence-electron chi connectivity index (χ1n) is 5.83. The average Bonchev–Trinajstić information content (AvgIpc) is 2.43. The fourth-order valence-electron chi connectivity index (χ4n) is 1.56. The molecule has 2 aromatic heterocycles. The molecule has 0 aliphatic carbocycles. The highest BCUT2D eigenvalue weighted by Gasteiger charge is 2.29. The Bertz CT molecular complexity index is 672. The molecule has 1 N–H and O–H groups in total. The summed E-state index contributed by atoms with van der Waals surface area (Å²) in [6.45, 7) is -1.21. The number of hydrogen-bond donors (Lipinski definition) is 1. The standard InChI is InChI=1S/C12H10ClF3N4O/c13-10-9(18-5-8-3-1-2-4-17-8)6-19-20(11(10)21)7-12(14,15)16/h1-4,6,18H,5,7H2. The van der Waals surface area contributed by atoms with Crippen LogP contribution in [0.3, 0.4) is 0 Å². The van der Waals surface area contributed by atoms with Crippen molar-refractivity contribution in [1.82, 2.24) is 14.8 Å². The third-order valence-corrected chi connectivity index (χ3v) is 2.87. The van der Waals surface area contributed by atoms with Gasteiger partial charge in [-0.3, -0.25) is 9.78 Å². The Morgan fingerprint density at radius 3 is 2.71 bits per heavy atom. The molecule has 112 valence electrons. The Kier molecular flexibility index (Phi) is 4.46. The molecule has 0 saturated carbocycles. The number of nitrogens with zero attached hydrogens (tertiary/aromatic N) is 3. The summed E-state index contributed by atoms with van der Waals surface area (Å²) in [5.74, 6) is 0. The van der Waals surface area contributed by atoms with E-state index in [1.807, 2.05) is 0 Å². The normalized spacial score (nSPS) is 11.4. The van der Waals surface area contributed by atoms with Gasteiger partial charge in [0, 0.05) is 6.20 Å². The summed E-state index contributed by atoms with van der Waals surface area (Å²) in [7, 11) is 0. The maximum absolute atomic E-state index is 12.3. The summed E-state index contributed by atoms with van der Waals surface area (Å²) >= 11 is 5.77. The lowest BCUT2D eigenvalue weighted by molar-refractivity contribution is -0.143. The van der Waals surface area contributed by atoms with Crippen molar-refractivity contribution in [1.29, 1.82) is 0 Å². The Morgan fingerprint density at radius 2 is 2.10 bits per heavy atom. The summed E-state index contributed by atoms with van der Waals surface area (Å²) in [6.07, 6.45) is -1.86. The predicted molar refractivity (Wildman–Crippen MR) is 71.1 cm³/mol. The van der Waals surface area contributed by atoms with Gasteiger partial charge in [-0.1, -0.05) is 17.7 Å². The zero-order chi connectivity index (χ0) is 15.5. The Balaban J connectivity index is 2.15. The number of aromatic nitrogens is 3. The van der Waals surface area contributed by atoms with Gasteiger partial charge in [0.05, 0.1) is 24.1 Å². The van der Waals surface area contributed by atoms with Crippen LogP contribution >= 0.6 is 11.6 Å². The summed E-state index contributed by atoms with van der Waals surface area (Å²) in [5.41, 5.74) is -0.154. The molecule has 0 atom stereocenters. The fraction of sp³-hybridized carbons (Fsp3) is 0.250. The van der Waals surface area contributed by atoms with Crippen molar-refractivity contribution < 1.29 is 13.2 Å². The number of nitrogens with one attached hydrogen (secondary N) is 1. The molecular weight excluding hydrogens is 309 g/mol. The van der Waals surface area contributed by atoms with Crippen LogP contribution < -0.4 is 10.9 Å². The smallest absolute Gasteiger partial charge is 0.377 e. The molecule has 2 rings (SSSR count). The molecule has 2 aromatic rings. The van der Waals surface area contributed by atoms with E-state index in [1.54, 1.807) is 24.4 Å². The maximum atomic E-state index is 12.3. The molecule has 0 aliphatic rings. The van der Waals surface area contributed by atoms with Gasteiger partial charge in [-0.25, -0.2) is 4.68 Å². The minimum atomic E-state index is -4.54. The van der Waals surface area contributed by atoms with Crippen molar-refractivity contribution in [3.05, 3.63) is 51.7 Å². The van der Waals surface area contributed by atoms with Gasteiger partial charge in [0.15, 0.2) is 0 Å². The molecule has 21 heavy (non-hydrogen) atoms. The molecule has 0 saturated heterocycles. The van der Waals surface area contributed by atoms with Gasteiger partial charge in [-0.15, -0.1) is 0 Å². The first-order chi connectivity index (χ1) is 9.87. The minimum Gasteiger partial charge on any atom is -0.377 e. The summed E-state index contributed by atoms with van der Waals surface area (Å²) < 4.78 is 37.0. The van der Waals surface area contributed by atoms with E-state index in [-0.39, 0.29) is 21.9 Å². The zero-order valence-corrected chi connectivity index (χ0v) is 11.3. The highest BCUT2D eigenvalue weighted by atomic mass is 35.5. The van der Waals surface area contributed by atoms with Crippen LogP contribution in [0.15, 0.2) is 35.4 Å². The molecule has 0 aliphatic heterocycles. The summed E-state index contributed by atoms with van der Waals surface area (Å²) in [4.78, 5) is 15.7. The van der Waals surface area contributed by atoms with E-state index in [0.717, 1.165) is 6.20 Å². The minimum absolute atomic E-state index is 0.158. The fourth-order valence-corrected chi connectivity index (χ4v) is 1.77. The first kappa shape index (κ1) is 15.3. The topological polar surface area (TPSA) is 59.8 Å². The van der Waals surface area contributed by atoms with Crippen LogP contribution in [0, 0.1) is 0 Å². The second-order valence-electron chi connectivity index (χ2n) is 4.12. The van der Waals surface area contributed by atoms with Gasteiger partial charge in [-0.05, 0) is 12.1 Å². The van der Waals surface area contributed by atoms with Gasteiger partial charge in [0.25, 0.3) is 5.56 Å². The number of hydrogen-bond acceptors (Lipinski definition) is 4. The van der Waals surface area contributed by atoms with E-state index in [2.05, 4.69) is 15.4 Å². The summed E-state index contributed by atoms with van der Waals surface area (Å²) in [6, 6.07) is 5.28. The third kappa shape index (κ3) is 4.19. The molecular formula is C12H10ClF3N4O. The molecule has 2 heterocycles. The Hall–Kier alpha value is -2.09. The number of alkyl halides is 3. The number of pyridine rings is 1. The van der Waals surface area contributed by atoms with Crippen molar-refractivity contribution in [2.45, 2.75) is 19.3 Å². The van der Waals surface area contributed by atoms with E-state index in [4.69, 9.17) is 11.6 Å². The second kappa shape index (κ2) is 6.13. The van der Waals surface area contributed by atoms with E-state index >= 15 is 0 Å². The first-order valence-corrected chi connectivity index (χ1v) is 6.21. The van der Waals surface area contributed by atoms with Crippen LogP contribution in [0.5, 0.6) is 0 Å². The lowest BCUT2D eigenvalue weighted by Gasteiger charge is -2.11.